The third kappa shape index (κ3) is 7.70. The summed E-state index contributed by atoms with van der Waals surface area (Å²) in [5.41, 5.74) is 0. The normalized spacial score (nSPS) is 31.2. The SMILES string of the molecule is CN1CCCN2CCN(C)CCCN(CC1)CC2.[Cl][Pd+]. The van der Waals surface area contributed by atoms with Crippen LogP contribution >= 0.6 is 9.53 Å². The molecule has 2 aliphatic heterocycles. The van der Waals surface area contributed by atoms with E-state index in [0.717, 1.165) is 0 Å². The van der Waals surface area contributed by atoms with Gasteiger partial charge < -0.3 is 19.6 Å². The van der Waals surface area contributed by atoms with E-state index < -0.39 is 0 Å². The number of halogens is 1. The molecule has 0 aliphatic carbocycles. The van der Waals surface area contributed by atoms with Gasteiger partial charge in [0.1, 0.15) is 0 Å². The number of fused-ring (bicyclic) bond motifs is 3. The van der Waals surface area contributed by atoms with Crippen LogP contribution in [-0.4, -0.2) is 99.1 Å². The van der Waals surface area contributed by atoms with Crippen LogP contribution in [0.1, 0.15) is 12.8 Å². The molecule has 6 heteroatoms. The van der Waals surface area contributed by atoms with Gasteiger partial charge in [0.2, 0.25) is 0 Å². The first-order valence-corrected chi connectivity index (χ1v) is 9.68. The fourth-order valence-corrected chi connectivity index (χ4v) is 2.93. The molecule has 2 rings (SSSR count). The monoisotopic (exact) mass is 395 g/mol. The summed E-state index contributed by atoms with van der Waals surface area (Å²) in [6.07, 6.45) is 2.64. The summed E-state index contributed by atoms with van der Waals surface area (Å²) in [5.74, 6) is 0. The van der Waals surface area contributed by atoms with Gasteiger partial charge in [-0.2, -0.15) is 0 Å². The first-order chi connectivity index (χ1) is 9.74. The molecule has 0 aromatic carbocycles. The van der Waals surface area contributed by atoms with Crippen LogP contribution < -0.4 is 0 Å². The molecule has 0 spiro atoms. The van der Waals surface area contributed by atoms with E-state index in [1.807, 2.05) is 0 Å². The van der Waals surface area contributed by atoms with Gasteiger partial charge >= 0.3 is 27.7 Å². The van der Waals surface area contributed by atoms with Gasteiger partial charge in [0, 0.05) is 39.3 Å². The van der Waals surface area contributed by atoms with Crippen LogP contribution in [0.5, 0.6) is 0 Å². The Kier molecular flexibility index (Phi) is 10.7. The molecule has 2 atom stereocenters. The maximum atomic E-state index is 4.49. The Morgan fingerprint density at radius 3 is 1.30 bits per heavy atom. The molecule has 0 radical (unpaired) electrons. The number of nitrogens with zero attached hydrogens (tertiary/aromatic N) is 4. The Hall–Kier alpha value is 0.792. The molecule has 0 saturated carbocycles. The molecular formula is C14H30ClN4Pd+. The fraction of sp³-hybridized carbons (Fsp3) is 1.00. The van der Waals surface area contributed by atoms with E-state index in [2.05, 4.69) is 61.4 Å². The van der Waals surface area contributed by atoms with Gasteiger partial charge in [0.05, 0.1) is 0 Å². The molecule has 0 N–H and O–H groups in total. The van der Waals surface area contributed by atoms with E-state index in [0.29, 0.717) is 0 Å². The maximum absolute atomic E-state index is 4.49. The molecule has 122 valence electrons. The minimum absolute atomic E-state index is 1.23. The van der Waals surface area contributed by atoms with Gasteiger partial charge in [-0.1, -0.05) is 0 Å². The summed E-state index contributed by atoms with van der Waals surface area (Å²) in [4.78, 5) is 10.3. The van der Waals surface area contributed by atoms with Crippen molar-refractivity contribution >= 4 is 9.53 Å². The van der Waals surface area contributed by atoms with Crippen molar-refractivity contribution in [2.45, 2.75) is 12.8 Å². The fourth-order valence-electron chi connectivity index (χ4n) is 2.93. The van der Waals surface area contributed by atoms with Crippen LogP contribution in [0.4, 0.5) is 0 Å². The van der Waals surface area contributed by atoms with E-state index >= 15 is 0 Å². The van der Waals surface area contributed by atoms with Crippen molar-refractivity contribution in [2.24, 2.45) is 0 Å². The molecule has 2 bridgehead atoms. The minimum atomic E-state index is 1.23. The van der Waals surface area contributed by atoms with Crippen molar-refractivity contribution < 1.29 is 18.2 Å². The van der Waals surface area contributed by atoms with Crippen LogP contribution in [-0.2, 0) is 18.2 Å². The summed E-state index contributed by atoms with van der Waals surface area (Å²) in [6, 6.07) is 0. The average molecular weight is 396 g/mol. The van der Waals surface area contributed by atoms with Gasteiger partial charge in [0.15, 0.2) is 0 Å². The number of hydrogen-bond acceptors (Lipinski definition) is 4. The van der Waals surface area contributed by atoms with Gasteiger partial charge in [-0.15, -0.1) is 0 Å². The Balaban J connectivity index is 0.000000956. The van der Waals surface area contributed by atoms with Gasteiger partial charge in [0.25, 0.3) is 0 Å². The molecule has 2 heterocycles. The van der Waals surface area contributed by atoms with E-state index in [1.165, 1.54) is 78.3 Å². The zero-order valence-electron chi connectivity index (χ0n) is 13.0. The third-order valence-electron chi connectivity index (χ3n) is 4.36. The molecule has 2 saturated heterocycles. The second-order valence-electron chi connectivity index (χ2n) is 6.00. The Labute approximate surface area is 139 Å². The molecule has 2 aliphatic rings. The van der Waals surface area contributed by atoms with E-state index in [4.69, 9.17) is 0 Å². The number of likely N-dealkylation sites (N-methyl/N-ethyl adjacent to an activating group) is 2. The number of hydrogen-bond donors (Lipinski definition) is 0. The molecule has 20 heavy (non-hydrogen) atoms. The van der Waals surface area contributed by atoms with Gasteiger partial charge in [-0.3, -0.25) is 0 Å². The summed E-state index contributed by atoms with van der Waals surface area (Å²) >= 11 is 2.22. The Bertz CT molecular complexity index is 221. The van der Waals surface area contributed by atoms with E-state index in [-0.39, 0.29) is 0 Å². The third-order valence-corrected chi connectivity index (χ3v) is 4.36. The van der Waals surface area contributed by atoms with Crippen molar-refractivity contribution in [3.05, 3.63) is 0 Å². The predicted octanol–water partition coefficient (Wildman–Crippen LogP) is 0.948. The topological polar surface area (TPSA) is 13.0 Å². The van der Waals surface area contributed by atoms with E-state index in [1.54, 1.807) is 0 Å². The molecule has 4 nitrogen and oxygen atoms in total. The zero-order valence-corrected chi connectivity index (χ0v) is 15.3. The molecular weight excluding hydrogens is 366 g/mol. The summed E-state index contributed by atoms with van der Waals surface area (Å²) < 4.78 is 0. The molecule has 2 fully saturated rings. The zero-order chi connectivity index (χ0) is 14.8. The van der Waals surface area contributed by atoms with Crippen molar-refractivity contribution in [2.75, 3.05) is 79.5 Å². The van der Waals surface area contributed by atoms with Crippen LogP contribution in [0.3, 0.4) is 0 Å². The van der Waals surface area contributed by atoms with Crippen molar-refractivity contribution in [3.63, 3.8) is 0 Å². The molecule has 2 unspecified atom stereocenters. The quantitative estimate of drug-likeness (QED) is 0.566. The average Bonchev–Trinajstić information content (AvgIpc) is 2.48. The summed E-state index contributed by atoms with van der Waals surface area (Å²) in [7, 11) is 9.02. The molecule has 0 amide bonds. The Morgan fingerprint density at radius 2 is 0.900 bits per heavy atom. The van der Waals surface area contributed by atoms with Gasteiger partial charge in [-0.05, 0) is 53.1 Å². The van der Waals surface area contributed by atoms with Crippen LogP contribution in [0.2, 0.25) is 0 Å². The molecule has 0 aromatic rings. The van der Waals surface area contributed by atoms with Crippen LogP contribution in [0.15, 0.2) is 0 Å². The van der Waals surface area contributed by atoms with Gasteiger partial charge in [-0.25, -0.2) is 0 Å². The van der Waals surface area contributed by atoms with Crippen LogP contribution in [0, 0.1) is 0 Å². The van der Waals surface area contributed by atoms with Crippen molar-refractivity contribution in [1.82, 2.24) is 19.6 Å². The number of rotatable bonds is 0. The predicted molar refractivity (Wildman–Crippen MR) is 83.0 cm³/mol. The van der Waals surface area contributed by atoms with E-state index in [9.17, 15) is 0 Å². The molecule has 0 aromatic heterocycles. The van der Waals surface area contributed by atoms with Crippen LogP contribution in [0.25, 0.3) is 0 Å². The van der Waals surface area contributed by atoms with Crippen molar-refractivity contribution in [1.29, 1.82) is 0 Å². The first-order valence-electron chi connectivity index (χ1n) is 7.68. The summed E-state index contributed by atoms with van der Waals surface area (Å²) in [6.45, 7) is 12.5. The summed E-state index contributed by atoms with van der Waals surface area (Å²) in [5, 5.41) is 0. The first kappa shape index (κ1) is 18.8. The Morgan fingerprint density at radius 1 is 0.550 bits per heavy atom. The van der Waals surface area contributed by atoms with Crippen molar-refractivity contribution in [3.8, 4) is 0 Å². The second-order valence-corrected chi connectivity index (χ2v) is 6.00. The standard InChI is InChI=1S/C14H30N4.ClH.Pd/c1-15-5-3-7-18-12-10-16(2)6-4-8-17(11-9-15)13-14-18;;/h3-14H2,1-2H3;1H;/q;;+2/p-1. The second kappa shape index (κ2) is 11.4.